The lowest BCUT2D eigenvalue weighted by Gasteiger charge is -2.16. The molecular weight excluding hydrogens is 495 g/mol. The highest BCUT2D eigenvalue weighted by Crippen LogP contribution is 2.36. The number of sulfone groups is 1. The van der Waals surface area contributed by atoms with Crippen molar-refractivity contribution >= 4 is 33.0 Å². The van der Waals surface area contributed by atoms with Crippen LogP contribution in [-0.4, -0.2) is 32.3 Å². The summed E-state index contributed by atoms with van der Waals surface area (Å²) >= 11 is 5.84. The predicted molar refractivity (Wildman–Crippen MR) is 121 cm³/mol. The molecular formula is C23H19ClF3NO5S. The summed E-state index contributed by atoms with van der Waals surface area (Å²) in [7, 11) is -3.33. The molecule has 0 aliphatic carbocycles. The van der Waals surface area contributed by atoms with Gasteiger partial charge in [0.1, 0.15) is 11.5 Å². The summed E-state index contributed by atoms with van der Waals surface area (Å²) in [6.45, 7) is 0.0366. The van der Waals surface area contributed by atoms with E-state index >= 15 is 0 Å². The summed E-state index contributed by atoms with van der Waals surface area (Å²) in [4.78, 5) is 12.8. The Morgan fingerprint density at radius 1 is 1.06 bits per heavy atom. The second-order valence-corrected chi connectivity index (χ2v) is 9.79. The Kier molecular flexibility index (Phi) is 7.42. The lowest BCUT2D eigenvalue weighted by Crippen LogP contribution is -2.15. The molecule has 34 heavy (non-hydrogen) atoms. The van der Waals surface area contributed by atoms with Crippen molar-refractivity contribution in [1.29, 1.82) is 0 Å². The zero-order valence-electron chi connectivity index (χ0n) is 17.7. The average molecular weight is 514 g/mol. The Bertz CT molecular complexity index is 1310. The van der Waals surface area contributed by atoms with Gasteiger partial charge in [0, 0.05) is 17.7 Å². The molecule has 0 radical (unpaired) electrons. The molecule has 0 bridgehead atoms. The second kappa shape index (κ2) is 9.94. The molecule has 0 aliphatic heterocycles. The molecule has 0 heterocycles. The van der Waals surface area contributed by atoms with Crippen molar-refractivity contribution in [2.45, 2.75) is 17.5 Å². The van der Waals surface area contributed by atoms with E-state index in [1.807, 2.05) is 0 Å². The van der Waals surface area contributed by atoms with Gasteiger partial charge in [0.05, 0.1) is 28.3 Å². The number of phenolic OH excluding ortho intramolecular Hbond substituents is 1. The normalized spacial score (nSPS) is 11.8. The molecule has 1 amide bonds. The van der Waals surface area contributed by atoms with E-state index < -0.39 is 33.2 Å². The first-order valence-electron chi connectivity index (χ1n) is 9.77. The number of benzene rings is 3. The van der Waals surface area contributed by atoms with Crippen LogP contribution in [0.15, 0.2) is 65.6 Å². The minimum Gasteiger partial charge on any atom is -0.507 e. The maximum absolute atomic E-state index is 13.2. The Labute approximate surface area is 198 Å². The van der Waals surface area contributed by atoms with E-state index in [4.69, 9.17) is 16.3 Å². The van der Waals surface area contributed by atoms with Crippen LogP contribution in [0.1, 0.15) is 21.5 Å². The number of halogens is 4. The lowest BCUT2D eigenvalue weighted by atomic mass is 10.1. The monoisotopic (exact) mass is 513 g/mol. The Morgan fingerprint density at radius 2 is 1.74 bits per heavy atom. The molecule has 0 spiro atoms. The van der Waals surface area contributed by atoms with E-state index in [1.165, 1.54) is 30.3 Å². The first-order valence-corrected chi connectivity index (χ1v) is 12.0. The molecule has 180 valence electrons. The number of hydrogen-bond acceptors (Lipinski definition) is 5. The molecule has 0 saturated carbocycles. The highest BCUT2D eigenvalue weighted by atomic mass is 35.5. The minimum atomic E-state index is -4.66. The van der Waals surface area contributed by atoms with E-state index in [9.17, 15) is 31.5 Å². The first kappa shape index (κ1) is 25.4. The van der Waals surface area contributed by atoms with E-state index in [0.29, 0.717) is 6.42 Å². The SMILES string of the molecule is CS(=O)(=O)c1ccc(CCOc2ccc(C(F)(F)F)cc2NC(=O)c2cc(Cl)ccc2O)cc1. The van der Waals surface area contributed by atoms with Gasteiger partial charge in [-0.05, 0) is 54.1 Å². The number of anilines is 1. The molecule has 0 saturated heterocycles. The Morgan fingerprint density at radius 3 is 2.35 bits per heavy atom. The van der Waals surface area contributed by atoms with Crippen LogP contribution >= 0.6 is 11.6 Å². The third-order valence-corrected chi connectivity index (χ3v) is 6.12. The Balaban J connectivity index is 1.80. The van der Waals surface area contributed by atoms with Crippen LogP contribution in [0.3, 0.4) is 0 Å². The average Bonchev–Trinajstić information content (AvgIpc) is 2.75. The van der Waals surface area contributed by atoms with Crippen LogP contribution in [0.4, 0.5) is 18.9 Å². The fourth-order valence-electron chi connectivity index (χ4n) is 2.99. The molecule has 3 aromatic rings. The fraction of sp³-hybridized carbons (Fsp3) is 0.174. The van der Waals surface area contributed by atoms with Crippen molar-refractivity contribution in [3.8, 4) is 11.5 Å². The van der Waals surface area contributed by atoms with Gasteiger partial charge < -0.3 is 15.2 Å². The van der Waals surface area contributed by atoms with Crippen molar-refractivity contribution in [3.63, 3.8) is 0 Å². The van der Waals surface area contributed by atoms with E-state index in [1.54, 1.807) is 12.1 Å². The smallest absolute Gasteiger partial charge is 0.416 e. The fourth-order valence-corrected chi connectivity index (χ4v) is 3.79. The van der Waals surface area contributed by atoms with Crippen molar-refractivity contribution in [1.82, 2.24) is 0 Å². The minimum absolute atomic E-state index is 0.0179. The van der Waals surface area contributed by atoms with Gasteiger partial charge in [0.2, 0.25) is 0 Å². The third-order valence-electron chi connectivity index (χ3n) is 4.76. The third kappa shape index (κ3) is 6.42. The van der Waals surface area contributed by atoms with E-state index in [-0.39, 0.29) is 33.5 Å². The summed E-state index contributed by atoms with van der Waals surface area (Å²) in [5, 5.41) is 12.4. The van der Waals surface area contributed by atoms with Crippen LogP contribution in [0.2, 0.25) is 5.02 Å². The van der Waals surface area contributed by atoms with Gasteiger partial charge in [-0.2, -0.15) is 13.2 Å². The van der Waals surface area contributed by atoms with Gasteiger partial charge >= 0.3 is 6.18 Å². The van der Waals surface area contributed by atoms with Gasteiger partial charge in [-0.15, -0.1) is 0 Å². The number of hydrogen-bond donors (Lipinski definition) is 2. The van der Waals surface area contributed by atoms with E-state index in [2.05, 4.69) is 5.32 Å². The van der Waals surface area contributed by atoms with Crippen LogP contribution in [0.25, 0.3) is 0 Å². The summed E-state index contributed by atoms with van der Waals surface area (Å²) in [5.74, 6) is -1.29. The molecule has 3 aromatic carbocycles. The zero-order valence-corrected chi connectivity index (χ0v) is 19.3. The largest absolute Gasteiger partial charge is 0.507 e. The number of aromatic hydroxyl groups is 1. The number of phenols is 1. The summed E-state index contributed by atoms with van der Waals surface area (Å²) in [6.07, 6.45) is -3.24. The first-order chi connectivity index (χ1) is 15.8. The quantitative estimate of drug-likeness (QED) is 0.445. The number of alkyl halides is 3. The maximum atomic E-state index is 13.2. The molecule has 0 aromatic heterocycles. The van der Waals surface area contributed by atoms with Gasteiger partial charge in [-0.3, -0.25) is 4.79 Å². The molecule has 3 rings (SSSR count). The van der Waals surface area contributed by atoms with Crippen molar-refractivity contribution in [3.05, 3.63) is 82.4 Å². The summed E-state index contributed by atoms with van der Waals surface area (Å²) in [5.41, 5.74) is -0.718. The topological polar surface area (TPSA) is 92.7 Å². The number of rotatable bonds is 7. The lowest BCUT2D eigenvalue weighted by molar-refractivity contribution is -0.137. The van der Waals surface area contributed by atoms with Crippen molar-refractivity contribution in [2.75, 3.05) is 18.2 Å². The van der Waals surface area contributed by atoms with Crippen LogP contribution in [0.5, 0.6) is 11.5 Å². The predicted octanol–water partition coefficient (Wildman–Crippen LogP) is 5.34. The Hall–Kier alpha value is -3.24. The molecule has 0 unspecified atom stereocenters. The van der Waals surface area contributed by atoms with Gasteiger partial charge in [-0.25, -0.2) is 8.42 Å². The van der Waals surface area contributed by atoms with Crippen LogP contribution in [-0.2, 0) is 22.4 Å². The number of carbonyl (C=O) groups excluding carboxylic acids is 1. The maximum Gasteiger partial charge on any atom is 0.416 e. The van der Waals surface area contributed by atoms with Crippen molar-refractivity contribution in [2.24, 2.45) is 0 Å². The molecule has 6 nitrogen and oxygen atoms in total. The highest BCUT2D eigenvalue weighted by Gasteiger charge is 2.31. The van der Waals surface area contributed by atoms with Gasteiger partial charge in [0.15, 0.2) is 9.84 Å². The molecule has 0 fully saturated rings. The number of ether oxygens (including phenoxy) is 1. The molecule has 0 aliphatic rings. The summed E-state index contributed by atoms with van der Waals surface area (Å²) < 4.78 is 68.3. The molecule has 2 N–H and O–H groups in total. The van der Waals surface area contributed by atoms with Gasteiger partial charge in [-0.1, -0.05) is 23.7 Å². The van der Waals surface area contributed by atoms with Crippen LogP contribution < -0.4 is 10.1 Å². The van der Waals surface area contributed by atoms with Gasteiger partial charge in [0.25, 0.3) is 5.91 Å². The van der Waals surface area contributed by atoms with Crippen LogP contribution in [0, 0.1) is 0 Å². The standard InChI is InChI=1S/C23H19ClF3NO5S/c1-34(31,32)17-6-2-14(3-7-17)10-11-33-21-9-4-15(23(25,26)27)12-19(21)28-22(30)18-13-16(24)5-8-20(18)29/h2-9,12-13,29H,10-11H2,1H3,(H,28,30). The van der Waals surface area contributed by atoms with Crippen molar-refractivity contribution < 1.29 is 36.2 Å². The molecule has 0 atom stereocenters. The number of nitrogens with one attached hydrogen (secondary N) is 1. The summed E-state index contributed by atoms with van der Waals surface area (Å²) in [6, 6.07) is 12.5. The number of carbonyl (C=O) groups is 1. The highest BCUT2D eigenvalue weighted by molar-refractivity contribution is 7.90. The second-order valence-electron chi connectivity index (χ2n) is 7.34. The number of amides is 1. The zero-order chi connectivity index (χ0) is 25.1. The van der Waals surface area contributed by atoms with E-state index in [0.717, 1.165) is 30.0 Å². The molecule has 11 heteroatoms.